The number of para-hydroxylation sites is 1. The van der Waals surface area contributed by atoms with Gasteiger partial charge in [-0.15, -0.1) is 0 Å². The largest absolute Gasteiger partial charge is 0.476 e. The molecule has 8 rings (SSSR count). The Labute approximate surface area is 424 Å². The maximum atomic E-state index is 13.7. The minimum atomic E-state index is -4.41. The molecule has 0 saturated heterocycles. The molecule has 4 heterocycles. The lowest BCUT2D eigenvalue weighted by molar-refractivity contribution is -0.0366. The van der Waals surface area contributed by atoms with Gasteiger partial charge in [0, 0.05) is 67.8 Å². The van der Waals surface area contributed by atoms with Gasteiger partial charge in [-0.1, -0.05) is 82.4 Å². The average Bonchev–Trinajstić information content (AvgIpc) is 3.98. The third kappa shape index (κ3) is 12.4. The van der Waals surface area contributed by atoms with Crippen molar-refractivity contribution < 1.29 is 43.3 Å². The van der Waals surface area contributed by atoms with Gasteiger partial charge in [0.15, 0.2) is 10.8 Å². The fraction of sp³-hybridized carbons (Fsp3) is 0.434. The fourth-order valence-electron chi connectivity index (χ4n) is 10.8. The van der Waals surface area contributed by atoms with Crippen LogP contribution in [0.5, 0.6) is 0 Å². The van der Waals surface area contributed by atoms with Crippen LogP contribution in [0.2, 0.25) is 0 Å². The van der Waals surface area contributed by atoms with Gasteiger partial charge in [0.1, 0.15) is 12.4 Å². The molecule has 3 atom stereocenters. The number of hydrogen-bond acceptors (Lipinski definition) is 12. The monoisotopic (exact) mass is 1020 g/mol. The Morgan fingerprint density at radius 3 is 2.44 bits per heavy atom. The zero-order chi connectivity index (χ0) is 51.6. The number of nitrogens with one attached hydrogen (secondary N) is 2. The highest BCUT2D eigenvalue weighted by Gasteiger charge is 2.52. The number of nitrogens with zero attached hydrogens (tertiary/aromatic N) is 6. The number of carboxylic acids is 1. The zero-order valence-electron chi connectivity index (χ0n) is 42.0. The number of aromatic carboxylic acids is 1. The molecule has 1 aliphatic carbocycles. The smallest absolute Gasteiger partial charge is 0.410 e. The topological polar surface area (TPSA) is 222 Å². The molecule has 3 aromatic carbocycles. The molecule has 0 radical (unpaired) electrons. The van der Waals surface area contributed by atoms with E-state index in [4.69, 9.17) is 19.6 Å². The molecule has 0 spiro atoms. The van der Waals surface area contributed by atoms with E-state index >= 15 is 0 Å². The van der Waals surface area contributed by atoms with Gasteiger partial charge in [-0.2, -0.15) is 5.10 Å². The van der Waals surface area contributed by atoms with Crippen LogP contribution in [0, 0.1) is 23.2 Å². The Morgan fingerprint density at radius 1 is 0.972 bits per heavy atom. The highest BCUT2D eigenvalue weighted by atomic mass is 32.1. The van der Waals surface area contributed by atoms with Gasteiger partial charge < -0.3 is 39.5 Å². The fourth-order valence-corrected chi connectivity index (χ4v) is 12.2. The van der Waals surface area contributed by atoms with Gasteiger partial charge in [0.05, 0.1) is 35.3 Å². The van der Waals surface area contributed by atoms with Crippen molar-refractivity contribution in [3.05, 3.63) is 119 Å². The van der Waals surface area contributed by atoms with Crippen LogP contribution >= 0.6 is 18.9 Å². The third-order valence-electron chi connectivity index (χ3n) is 13.8. The maximum absolute atomic E-state index is 13.7. The van der Waals surface area contributed by atoms with E-state index in [1.807, 2.05) is 90.3 Å². The van der Waals surface area contributed by atoms with Crippen LogP contribution in [0.15, 0.2) is 85.1 Å². The molecule has 17 nitrogen and oxygen atoms in total. The molecular weight excluding hydrogens is 956 g/mol. The number of thiazole rings is 1. The normalized spacial score (nSPS) is 19.0. The molecule has 2 amide bonds. The SMILES string of the molecule is CNc1ccc(COC(=O)N(CCOC2CC(C)(Cn3ncc(-c4ccc(N5CCc6cccc(C(=O)Nc7nc8ccccc8s7)c6C5)nc4C(=O)O)c3C)CC2(C)CC(C)(C)C)CCP(=O)(O)O)cc1. The summed E-state index contributed by atoms with van der Waals surface area (Å²) in [6.07, 6.45) is 3.26. The summed E-state index contributed by atoms with van der Waals surface area (Å²) >= 11 is 1.42. The molecule has 72 heavy (non-hydrogen) atoms. The first-order valence-corrected chi connectivity index (χ1v) is 26.8. The number of ether oxygens (including phenoxy) is 2. The van der Waals surface area contributed by atoms with Crippen molar-refractivity contribution >= 4 is 63.8 Å². The first kappa shape index (κ1) is 52.2. The summed E-state index contributed by atoms with van der Waals surface area (Å²) in [5.41, 5.74) is 6.14. The van der Waals surface area contributed by atoms with Crippen LogP contribution in [-0.2, 0) is 40.2 Å². The van der Waals surface area contributed by atoms with Crippen LogP contribution in [0.3, 0.4) is 0 Å². The first-order valence-electron chi connectivity index (χ1n) is 24.2. The van der Waals surface area contributed by atoms with Crippen molar-refractivity contribution in [2.45, 2.75) is 93.0 Å². The predicted octanol–water partition coefficient (Wildman–Crippen LogP) is 9.86. The summed E-state index contributed by atoms with van der Waals surface area (Å²) in [6.45, 7) is 14.5. The number of pyridine rings is 1. The number of amides is 2. The summed E-state index contributed by atoms with van der Waals surface area (Å²) in [7, 11) is -2.60. The minimum Gasteiger partial charge on any atom is -0.476 e. The lowest BCUT2D eigenvalue weighted by atomic mass is 9.71. The van der Waals surface area contributed by atoms with Crippen molar-refractivity contribution in [3.63, 3.8) is 0 Å². The quantitative estimate of drug-likeness (QED) is 0.0506. The third-order valence-corrected chi connectivity index (χ3v) is 15.5. The van der Waals surface area contributed by atoms with Gasteiger partial charge in [0.25, 0.3) is 5.91 Å². The molecule has 6 aromatic rings. The van der Waals surface area contributed by atoms with Crippen molar-refractivity contribution in [3.8, 4) is 11.1 Å². The van der Waals surface area contributed by atoms with Gasteiger partial charge in [-0.3, -0.25) is 19.4 Å². The van der Waals surface area contributed by atoms with Crippen molar-refractivity contribution in [2.24, 2.45) is 16.2 Å². The molecule has 3 unspecified atom stereocenters. The Bertz CT molecular complexity index is 2970. The second-order valence-electron chi connectivity index (χ2n) is 21.0. The van der Waals surface area contributed by atoms with Crippen LogP contribution < -0.4 is 15.5 Å². The number of hydrogen-bond donors (Lipinski definition) is 5. The van der Waals surface area contributed by atoms with Crippen LogP contribution in [0.4, 0.5) is 21.4 Å². The Morgan fingerprint density at radius 2 is 1.74 bits per heavy atom. The number of rotatable bonds is 18. The first-order chi connectivity index (χ1) is 34.1. The van der Waals surface area contributed by atoms with Crippen LogP contribution in [0.1, 0.15) is 97.1 Å². The average molecular weight is 1020 g/mol. The molecule has 382 valence electrons. The highest BCUT2D eigenvalue weighted by molar-refractivity contribution is 7.51. The number of carboxylic acid groups (broad SMARTS) is 1. The minimum absolute atomic E-state index is 0.000161. The highest BCUT2D eigenvalue weighted by Crippen LogP contribution is 2.56. The molecule has 0 bridgehead atoms. The van der Waals surface area contributed by atoms with Crippen molar-refractivity contribution in [1.82, 2.24) is 24.6 Å². The van der Waals surface area contributed by atoms with E-state index in [1.54, 1.807) is 18.3 Å². The molecule has 1 aliphatic heterocycles. The number of carbonyl (C=O) groups is 3. The summed E-state index contributed by atoms with van der Waals surface area (Å²) < 4.78 is 27.1. The van der Waals surface area contributed by atoms with E-state index in [0.717, 1.165) is 51.1 Å². The second kappa shape index (κ2) is 21.1. The van der Waals surface area contributed by atoms with Gasteiger partial charge >= 0.3 is 19.7 Å². The Kier molecular flexibility index (Phi) is 15.3. The zero-order valence-corrected chi connectivity index (χ0v) is 43.7. The lowest BCUT2D eigenvalue weighted by Crippen LogP contribution is -2.39. The molecule has 2 aliphatic rings. The summed E-state index contributed by atoms with van der Waals surface area (Å²) in [4.78, 5) is 72.0. The van der Waals surface area contributed by atoms with Crippen LogP contribution in [0.25, 0.3) is 21.3 Å². The van der Waals surface area contributed by atoms with Crippen molar-refractivity contribution in [2.75, 3.05) is 55.0 Å². The maximum Gasteiger partial charge on any atom is 0.410 e. The molecule has 5 N–H and O–H groups in total. The summed E-state index contributed by atoms with van der Waals surface area (Å²) in [5.74, 6) is -0.930. The summed E-state index contributed by atoms with van der Waals surface area (Å²) in [6, 6.07) is 24.5. The van der Waals surface area contributed by atoms with E-state index in [1.165, 1.54) is 16.2 Å². The molecule has 1 saturated carbocycles. The van der Waals surface area contributed by atoms with Gasteiger partial charge in [0.2, 0.25) is 0 Å². The second-order valence-corrected chi connectivity index (χ2v) is 23.9. The lowest BCUT2D eigenvalue weighted by Gasteiger charge is -2.38. The standard InChI is InChI=1S/C53H65N8O9PS/c1-34-40(38-19-20-45(57-46(38)48(63)64)60-22-21-36-11-10-12-39(41(36)29-60)47(62)58-49-56-42-13-8-9-14-43(42)72-49)28-55-61(34)33-52(5)27-44(53(6,32-52)31-51(2,3)4)69-25-23-59(24-26-71(66,67)68)50(65)70-30-35-15-17-37(54-7)18-16-35/h8-20,28,44,54H,21-27,29-33H2,1-7H3,(H,63,64)(H,56,58,62)(H2,66,67,68). The summed E-state index contributed by atoms with van der Waals surface area (Å²) in [5, 5.41) is 22.0. The molecule has 19 heteroatoms. The van der Waals surface area contributed by atoms with E-state index in [-0.39, 0.29) is 60.3 Å². The molecular formula is C53H65N8O9PS. The van der Waals surface area contributed by atoms with Gasteiger partial charge in [-0.05, 0) is 108 Å². The van der Waals surface area contributed by atoms with Gasteiger partial charge in [-0.25, -0.2) is 19.6 Å². The van der Waals surface area contributed by atoms with E-state index < -0.39 is 25.8 Å². The van der Waals surface area contributed by atoms with Crippen LogP contribution in [-0.4, -0.2) is 103 Å². The van der Waals surface area contributed by atoms with Crippen molar-refractivity contribution in [1.29, 1.82) is 0 Å². The molecule has 3 aromatic heterocycles. The number of fused-ring (bicyclic) bond motifs is 2. The Hall–Kier alpha value is -6.17. The number of anilines is 3. The van der Waals surface area contributed by atoms with E-state index in [0.29, 0.717) is 60.1 Å². The molecule has 1 fully saturated rings. The van der Waals surface area contributed by atoms with E-state index in [2.05, 4.69) is 50.2 Å². The predicted molar refractivity (Wildman–Crippen MR) is 280 cm³/mol. The number of benzene rings is 3. The van der Waals surface area contributed by atoms with E-state index in [9.17, 15) is 33.8 Å². The number of aromatic nitrogens is 4. The number of carbonyl (C=O) groups excluding carboxylic acids is 2. The Balaban J connectivity index is 0.957.